The number of furan rings is 1. The van der Waals surface area contributed by atoms with Crippen molar-refractivity contribution in [3.05, 3.63) is 47.2 Å². The molecule has 0 fully saturated rings. The number of nitrogens with zero attached hydrogens (tertiary/aromatic N) is 1. The standard InChI is InChI=1S/C14H13ClN2O2/c1-2-14(18)17-16-9-12-7-8-13(19-12)10-3-5-11(15)6-4-10/h3-9H,2H2,1H3,(H,17,18)/b16-9+. The summed E-state index contributed by atoms with van der Waals surface area (Å²) >= 11 is 5.82. The Morgan fingerprint density at radius 1 is 1.32 bits per heavy atom. The molecule has 1 N–H and O–H groups in total. The van der Waals surface area contributed by atoms with E-state index in [4.69, 9.17) is 16.0 Å². The second-order valence-electron chi connectivity index (χ2n) is 3.86. The first-order valence-electron chi connectivity index (χ1n) is 5.86. The molecule has 0 radical (unpaired) electrons. The minimum Gasteiger partial charge on any atom is -0.455 e. The van der Waals surface area contributed by atoms with E-state index in [9.17, 15) is 4.79 Å². The number of hydrazone groups is 1. The van der Waals surface area contributed by atoms with Crippen LogP contribution in [0.15, 0.2) is 45.9 Å². The Bertz CT molecular complexity index is 588. The summed E-state index contributed by atoms with van der Waals surface area (Å²) < 4.78 is 5.58. The number of carbonyl (C=O) groups is 1. The third-order valence-electron chi connectivity index (χ3n) is 2.46. The molecule has 0 saturated carbocycles. The second kappa shape index (κ2) is 6.20. The smallest absolute Gasteiger partial charge is 0.239 e. The van der Waals surface area contributed by atoms with Crippen molar-refractivity contribution in [2.75, 3.05) is 0 Å². The van der Waals surface area contributed by atoms with Crippen molar-refractivity contribution < 1.29 is 9.21 Å². The topological polar surface area (TPSA) is 54.6 Å². The van der Waals surface area contributed by atoms with Gasteiger partial charge in [0.2, 0.25) is 5.91 Å². The van der Waals surface area contributed by atoms with Crippen LogP contribution in [0.1, 0.15) is 19.1 Å². The number of hydrogen-bond donors (Lipinski definition) is 1. The molecule has 0 aliphatic heterocycles. The summed E-state index contributed by atoms with van der Waals surface area (Å²) in [5, 5.41) is 4.47. The molecule has 0 bridgehead atoms. The fourth-order valence-corrected chi connectivity index (χ4v) is 1.56. The molecule has 0 aliphatic carbocycles. The van der Waals surface area contributed by atoms with Crippen molar-refractivity contribution in [2.24, 2.45) is 5.10 Å². The van der Waals surface area contributed by atoms with Crippen molar-refractivity contribution in [2.45, 2.75) is 13.3 Å². The van der Waals surface area contributed by atoms with Gasteiger partial charge in [0.05, 0.1) is 6.21 Å². The molecule has 1 heterocycles. The van der Waals surface area contributed by atoms with Crippen molar-refractivity contribution in [3.8, 4) is 11.3 Å². The first-order chi connectivity index (χ1) is 9.19. The lowest BCUT2D eigenvalue weighted by Crippen LogP contribution is -2.15. The highest BCUT2D eigenvalue weighted by Crippen LogP contribution is 2.23. The summed E-state index contributed by atoms with van der Waals surface area (Å²) in [6, 6.07) is 11.0. The third kappa shape index (κ3) is 3.69. The Labute approximate surface area is 116 Å². The van der Waals surface area contributed by atoms with Gasteiger partial charge >= 0.3 is 0 Å². The van der Waals surface area contributed by atoms with Gasteiger partial charge in [-0.1, -0.05) is 18.5 Å². The number of rotatable bonds is 4. The Hall–Kier alpha value is -2.07. The van der Waals surface area contributed by atoms with Gasteiger partial charge in [0.15, 0.2) is 0 Å². The van der Waals surface area contributed by atoms with E-state index in [1.54, 1.807) is 25.1 Å². The molecule has 4 nitrogen and oxygen atoms in total. The minimum absolute atomic E-state index is 0.138. The molecule has 1 aromatic carbocycles. The van der Waals surface area contributed by atoms with Crippen molar-refractivity contribution in [1.82, 2.24) is 5.43 Å². The van der Waals surface area contributed by atoms with Crippen LogP contribution < -0.4 is 5.43 Å². The Morgan fingerprint density at radius 3 is 2.74 bits per heavy atom. The second-order valence-corrected chi connectivity index (χ2v) is 4.29. The SMILES string of the molecule is CCC(=O)N/N=C/c1ccc(-c2ccc(Cl)cc2)o1. The lowest BCUT2D eigenvalue weighted by atomic mass is 10.2. The maximum atomic E-state index is 11.0. The van der Waals surface area contributed by atoms with Crippen LogP contribution in [0.25, 0.3) is 11.3 Å². The molecule has 0 unspecified atom stereocenters. The van der Waals surface area contributed by atoms with Gasteiger partial charge in [-0.2, -0.15) is 5.10 Å². The Morgan fingerprint density at radius 2 is 2.05 bits per heavy atom. The molecule has 98 valence electrons. The van der Waals surface area contributed by atoms with Gasteiger partial charge in [-0.3, -0.25) is 4.79 Å². The van der Waals surface area contributed by atoms with Gasteiger partial charge in [0.25, 0.3) is 0 Å². The van der Waals surface area contributed by atoms with Crippen LogP contribution in [0, 0.1) is 0 Å². The summed E-state index contributed by atoms with van der Waals surface area (Å²) in [6.45, 7) is 1.76. The fourth-order valence-electron chi connectivity index (χ4n) is 1.44. The molecule has 1 aromatic heterocycles. The van der Waals surface area contributed by atoms with E-state index >= 15 is 0 Å². The number of nitrogens with one attached hydrogen (secondary N) is 1. The van der Waals surface area contributed by atoms with E-state index in [2.05, 4.69) is 10.5 Å². The summed E-state index contributed by atoms with van der Waals surface area (Å²) in [6.07, 6.45) is 1.86. The van der Waals surface area contributed by atoms with Gasteiger partial charge in [0, 0.05) is 17.0 Å². The number of hydrogen-bond acceptors (Lipinski definition) is 3. The fraction of sp³-hybridized carbons (Fsp3) is 0.143. The predicted octanol–water partition coefficient (Wildman–Crippen LogP) is 3.46. The van der Waals surface area contributed by atoms with Gasteiger partial charge in [0.1, 0.15) is 11.5 Å². The lowest BCUT2D eigenvalue weighted by Gasteiger charge is -1.96. The molecule has 2 rings (SSSR count). The van der Waals surface area contributed by atoms with Crippen LogP contribution in [0.2, 0.25) is 5.02 Å². The van der Waals surface area contributed by atoms with E-state index in [0.717, 1.165) is 11.3 Å². The van der Waals surface area contributed by atoms with Crippen LogP contribution in [-0.2, 0) is 4.79 Å². The van der Waals surface area contributed by atoms with E-state index in [1.807, 2.05) is 18.2 Å². The lowest BCUT2D eigenvalue weighted by molar-refractivity contribution is -0.120. The molecule has 5 heteroatoms. The maximum Gasteiger partial charge on any atom is 0.239 e. The maximum absolute atomic E-state index is 11.0. The highest BCUT2D eigenvalue weighted by molar-refractivity contribution is 6.30. The molecule has 0 spiro atoms. The molecule has 0 aliphatic rings. The average Bonchev–Trinajstić information content (AvgIpc) is 2.88. The van der Waals surface area contributed by atoms with E-state index in [0.29, 0.717) is 17.2 Å². The molecule has 2 aromatic rings. The molecular weight excluding hydrogens is 264 g/mol. The van der Waals surface area contributed by atoms with E-state index < -0.39 is 0 Å². The third-order valence-corrected chi connectivity index (χ3v) is 2.71. The van der Waals surface area contributed by atoms with Crippen LogP contribution >= 0.6 is 11.6 Å². The van der Waals surface area contributed by atoms with Gasteiger partial charge in [-0.05, 0) is 36.4 Å². The number of halogens is 1. The molecule has 1 amide bonds. The molecule has 19 heavy (non-hydrogen) atoms. The number of benzene rings is 1. The Balaban J connectivity index is 2.06. The zero-order chi connectivity index (χ0) is 13.7. The molecular formula is C14H13ClN2O2. The van der Waals surface area contributed by atoms with Gasteiger partial charge < -0.3 is 4.42 Å². The van der Waals surface area contributed by atoms with Gasteiger partial charge in [-0.15, -0.1) is 0 Å². The van der Waals surface area contributed by atoms with Crippen molar-refractivity contribution >= 4 is 23.7 Å². The largest absolute Gasteiger partial charge is 0.455 e. The average molecular weight is 277 g/mol. The van der Waals surface area contributed by atoms with E-state index in [1.165, 1.54) is 6.21 Å². The molecule has 0 saturated heterocycles. The quantitative estimate of drug-likeness (QED) is 0.687. The van der Waals surface area contributed by atoms with E-state index in [-0.39, 0.29) is 5.91 Å². The van der Waals surface area contributed by atoms with Crippen LogP contribution in [0.3, 0.4) is 0 Å². The zero-order valence-electron chi connectivity index (χ0n) is 10.4. The summed E-state index contributed by atoms with van der Waals surface area (Å²) in [4.78, 5) is 11.0. The monoisotopic (exact) mass is 276 g/mol. The number of amides is 1. The van der Waals surface area contributed by atoms with Crippen LogP contribution in [0.5, 0.6) is 0 Å². The summed E-state index contributed by atoms with van der Waals surface area (Å²) in [5.74, 6) is 1.15. The first-order valence-corrected chi connectivity index (χ1v) is 6.24. The molecule has 0 atom stereocenters. The zero-order valence-corrected chi connectivity index (χ0v) is 11.1. The van der Waals surface area contributed by atoms with Gasteiger partial charge in [-0.25, -0.2) is 5.43 Å². The summed E-state index contributed by atoms with van der Waals surface area (Å²) in [5.41, 5.74) is 3.32. The summed E-state index contributed by atoms with van der Waals surface area (Å²) in [7, 11) is 0. The van der Waals surface area contributed by atoms with Crippen molar-refractivity contribution in [1.29, 1.82) is 0 Å². The number of carbonyl (C=O) groups excluding carboxylic acids is 1. The Kier molecular flexibility index (Phi) is 4.36. The highest BCUT2D eigenvalue weighted by Gasteiger charge is 2.03. The minimum atomic E-state index is -0.138. The van der Waals surface area contributed by atoms with Crippen LogP contribution in [0.4, 0.5) is 0 Å². The normalized spacial score (nSPS) is 10.8. The highest BCUT2D eigenvalue weighted by atomic mass is 35.5. The van der Waals surface area contributed by atoms with Crippen molar-refractivity contribution in [3.63, 3.8) is 0 Å². The van der Waals surface area contributed by atoms with Crippen LogP contribution in [-0.4, -0.2) is 12.1 Å². The first kappa shape index (κ1) is 13.4. The predicted molar refractivity (Wildman–Crippen MR) is 75.2 cm³/mol.